The minimum absolute atomic E-state index is 0.129. The standard InChI is InChI=1S/C20H15BrN2O5S/c1-26-15-7-11(12(21)9-16(15)28-10-18(24)27-2)8-17-19(25)23-14-6-4-3-5-13(14)22-20(23)29-17/h3-9H,10H2,1-2H3. The molecule has 4 rings (SSSR count). The third-order valence-corrected chi connectivity index (χ3v) is 5.94. The van der Waals surface area contributed by atoms with Crippen LogP contribution in [-0.4, -0.2) is 36.2 Å². The van der Waals surface area contributed by atoms with Crippen LogP contribution < -0.4 is 19.6 Å². The summed E-state index contributed by atoms with van der Waals surface area (Å²) in [5.74, 6) is 0.322. The predicted molar refractivity (Wildman–Crippen MR) is 114 cm³/mol. The maximum atomic E-state index is 12.9. The van der Waals surface area contributed by atoms with Crippen LogP contribution in [0.2, 0.25) is 0 Å². The fraction of sp³-hybridized carbons (Fsp3) is 0.150. The molecule has 0 spiro atoms. The van der Waals surface area contributed by atoms with Gasteiger partial charge in [-0.3, -0.25) is 4.79 Å². The molecule has 0 aliphatic heterocycles. The maximum Gasteiger partial charge on any atom is 0.343 e. The molecule has 4 aromatic rings. The number of para-hydroxylation sites is 2. The van der Waals surface area contributed by atoms with Crippen molar-refractivity contribution in [3.63, 3.8) is 0 Å². The van der Waals surface area contributed by atoms with E-state index in [-0.39, 0.29) is 12.2 Å². The van der Waals surface area contributed by atoms with E-state index in [9.17, 15) is 9.59 Å². The minimum Gasteiger partial charge on any atom is -0.493 e. The third-order valence-electron chi connectivity index (χ3n) is 4.29. The van der Waals surface area contributed by atoms with Gasteiger partial charge in [-0.1, -0.05) is 39.4 Å². The van der Waals surface area contributed by atoms with E-state index in [1.807, 2.05) is 24.3 Å². The van der Waals surface area contributed by atoms with Gasteiger partial charge in [0.2, 0.25) is 0 Å². The number of carbonyl (C=O) groups excluding carboxylic acids is 1. The van der Waals surface area contributed by atoms with E-state index >= 15 is 0 Å². The van der Waals surface area contributed by atoms with Crippen LogP contribution in [0.4, 0.5) is 0 Å². The van der Waals surface area contributed by atoms with Crippen LogP contribution in [0.25, 0.3) is 22.1 Å². The Bertz CT molecular complexity index is 1340. The molecule has 2 aromatic carbocycles. The number of nitrogens with zero attached hydrogens (tertiary/aromatic N) is 2. The van der Waals surface area contributed by atoms with Crippen LogP contribution in [0, 0.1) is 0 Å². The first-order valence-corrected chi connectivity index (χ1v) is 10.1. The first kappa shape index (κ1) is 19.4. The van der Waals surface area contributed by atoms with Crippen LogP contribution in [0.3, 0.4) is 0 Å². The first-order chi connectivity index (χ1) is 14.0. The summed E-state index contributed by atoms with van der Waals surface area (Å²) in [7, 11) is 2.79. The van der Waals surface area contributed by atoms with Gasteiger partial charge >= 0.3 is 5.97 Å². The number of hydrogen-bond donors (Lipinski definition) is 0. The Balaban J connectivity index is 1.79. The molecule has 0 radical (unpaired) electrons. The molecule has 29 heavy (non-hydrogen) atoms. The minimum atomic E-state index is -0.496. The molecule has 9 heteroatoms. The quantitative estimate of drug-likeness (QED) is 0.413. The number of hydrogen-bond acceptors (Lipinski definition) is 7. The molecular formula is C20H15BrN2O5S. The van der Waals surface area contributed by atoms with Gasteiger partial charge in [-0.2, -0.15) is 0 Å². The number of aromatic nitrogens is 2. The molecule has 0 fully saturated rings. The van der Waals surface area contributed by atoms with Gasteiger partial charge in [-0.25, -0.2) is 14.2 Å². The zero-order valence-electron chi connectivity index (χ0n) is 15.5. The molecule has 0 aliphatic carbocycles. The second-order valence-electron chi connectivity index (χ2n) is 6.02. The van der Waals surface area contributed by atoms with Crippen LogP contribution in [0.1, 0.15) is 5.56 Å². The Labute approximate surface area is 177 Å². The molecule has 2 heterocycles. The van der Waals surface area contributed by atoms with Gasteiger partial charge in [0, 0.05) is 4.47 Å². The lowest BCUT2D eigenvalue weighted by Gasteiger charge is -2.11. The Morgan fingerprint density at radius 3 is 2.79 bits per heavy atom. The number of esters is 1. The number of benzene rings is 2. The Kier molecular flexibility index (Phi) is 5.25. The molecular weight excluding hydrogens is 460 g/mol. The lowest BCUT2D eigenvalue weighted by Crippen LogP contribution is -2.22. The summed E-state index contributed by atoms with van der Waals surface area (Å²) >= 11 is 4.81. The van der Waals surface area contributed by atoms with Crippen LogP contribution in [0.5, 0.6) is 11.5 Å². The van der Waals surface area contributed by atoms with E-state index in [1.54, 1.807) is 22.6 Å². The van der Waals surface area contributed by atoms with Crippen molar-refractivity contribution in [2.75, 3.05) is 20.8 Å². The molecule has 0 N–H and O–H groups in total. The molecule has 0 atom stereocenters. The number of ether oxygens (including phenoxy) is 3. The number of rotatable bonds is 5. The van der Waals surface area contributed by atoms with Crippen molar-refractivity contribution in [3.8, 4) is 11.5 Å². The van der Waals surface area contributed by atoms with Gasteiger partial charge in [-0.05, 0) is 35.9 Å². The molecule has 0 aliphatic rings. The second kappa shape index (κ2) is 7.84. The van der Waals surface area contributed by atoms with Gasteiger partial charge in [0.1, 0.15) is 0 Å². The van der Waals surface area contributed by atoms with Gasteiger partial charge in [0.15, 0.2) is 23.1 Å². The highest BCUT2D eigenvalue weighted by molar-refractivity contribution is 9.10. The summed E-state index contributed by atoms with van der Waals surface area (Å²) in [5.41, 5.74) is 2.18. The van der Waals surface area contributed by atoms with Crippen molar-refractivity contribution in [1.29, 1.82) is 0 Å². The monoisotopic (exact) mass is 474 g/mol. The van der Waals surface area contributed by atoms with E-state index in [2.05, 4.69) is 25.7 Å². The molecule has 0 bridgehead atoms. The van der Waals surface area contributed by atoms with Crippen molar-refractivity contribution in [2.24, 2.45) is 0 Å². The number of halogens is 1. The smallest absolute Gasteiger partial charge is 0.343 e. The van der Waals surface area contributed by atoms with Crippen LogP contribution in [-0.2, 0) is 9.53 Å². The largest absolute Gasteiger partial charge is 0.493 e. The number of carbonyl (C=O) groups is 1. The maximum absolute atomic E-state index is 12.9. The fourth-order valence-corrected chi connectivity index (χ4v) is 4.30. The van der Waals surface area contributed by atoms with Gasteiger partial charge < -0.3 is 14.2 Å². The van der Waals surface area contributed by atoms with E-state index in [0.717, 1.165) is 16.6 Å². The number of fused-ring (bicyclic) bond motifs is 3. The lowest BCUT2D eigenvalue weighted by atomic mass is 10.2. The van der Waals surface area contributed by atoms with Crippen molar-refractivity contribution in [1.82, 2.24) is 9.38 Å². The molecule has 148 valence electrons. The average molecular weight is 475 g/mol. The number of thiazole rings is 1. The third kappa shape index (κ3) is 3.58. The highest BCUT2D eigenvalue weighted by Gasteiger charge is 2.14. The Morgan fingerprint density at radius 1 is 1.24 bits per heavy atom. The highest BCUT2D eigenvalue weighted by Crippen LogP contribution is 2.34. The lowest BCUT2D eigenvalue weighted by molar-refractivity contribution is -0.142. The molecule has 0 unspecified atom stereocenters. The van der Waals surface area contributed by atoms with E-state index < -0.39 is 5.97 Å². The highest BCUT2D eigenvalue weighted by atomic mass is 79.9. The summed E-state index contributed by atoms with van der Waals surface area (Å²) in [6.07, 6.45) is 1.77. The summed E-state index contributed by atoms with van der Waals surface area (Å²) in [4.78, 5) is 29.4. The Hall–Kier alpha value is -2.91. The van der Waals surface area contributed by atoms with Crippen molar-refractivity contribution in [3.05, 3.63) is 61.3 Å². The fourth-order valence-electron chi connectivity index (χ4n) is 2.88. The number of imidazole rings is 1. The molecule has 0 saturated carbocycles. The average Bonchev–Trinajstić information content (AvgIpc) is 3.23. The summed E-state index contributed by atoms with van der Waals surface area (Å²) in [5, 5.41) is 0. The second-order valence-corrected chi connectivity index (χ2v) is 7.89. The van der Waals surface area contributed by atoms with Crippen LogP contribution in [0.15, 0.2) is 45.7 Å². The van der Waals surface area contributed by atoms with Gasteiger partial charge in [-0.15, -0.1) is 0 Å². The predicted octanol–water partition coefficient (Wildman–Crippen LogP) is 2.78. The summed E-state index contributed by atoms with van der Waals surface area (Å²) in [6.45, 7) is -0.234. The van der Waals surface area contributed by atoms with E-state index in [1.165, 1.54) is 25.6 Å². The van der Waals surface area contributed by atoms with Crippen molar-refractivity contribution < 1.29 is 19.0 Å². The normalized spacial score (nSPS) is 11.9. The van der Waals surface area contributed by atoms with Crippen molar-refractivity contribution >= 4 is 55.3 Å². The first-order valence-electron chi connectivity index (χ1n) is 8.50. The zero-order chi connectivity index (χ0) is 20.5. The van der Waals surface area contributed by atoms with Crippen molar-refractivity contribution in [2.45, 2.75) is 0 Å². The Morgan fingerprint density at radius 2 is 2.03 bits per heavy atom. The van der Waals surface area contributed by atoms with Crippen LogP contribution >= 0.6 is 27.3 Å². The summed E-state index contributed by atoms with van der Waals surface area (Å²) < 4.78 is 18.3. The number of methoxy groups -OCH3 is 2. The molecule has 2 aromatic heterocycles. The molecule has 0 saturated heterocycles. The van der Waals surface area contributed by atoms with E-state index in [0.29, 0.717) is 25.5 Å². The van der Waals surface area contributed by atoms with E-state index in [4.69, 9.17) is 9.47 Å². The topological polar surface area (TPSA) is 79.1 Å². The summed E-state index contributed by atoms with van der Waals surface area (Å²) in [6, 6.07) is 10.9. The molecule has 0 amide bonds. The SMILES string of the molecule is COC(=O)COc1cc(Br)c(C=c2sc3nc4ccccc4n3c2=O)cc1OC. The zero-order valence-corrected chi connectivity index (χ0v) is 17.9. The molecule has 7 nitrogen and oxygen atoms in total. The van der Waals surface area contributed by atoms with Gasteiger partial charge in [0.05, 0.1) is 29.8 Å². The van der Waals surface area contributed by atoms with Gasteiger partial charge in [0.25, 0.3) is 5.56 Å².